The summed E-state index contributed by atoms with van der Waals surface area (Å²) in [6.07, 6.45) is 1.77. The van der Waals surface area contributed by atoms with Crippen molar-refractivity contribution in [3.05, 3.63) is 28.8 Å². The number of carbonyl (C=O) groups excluding carboxylic acids is 1. The minimum absolute atomic E-state index is 0.0155. The van der Waals surface area contributed by atoms with Crippen molar-refractivity contribution in [3.8, 4) is 5.75 Å². The Hall–Kier alpha value is -1.26. The molecule has 4 nitrogen and oxygen atoms in total. The number of aliphatic hydroxyl groups is 1. The summed E-state index contributed by atoms with van der Waals surface area (Å²) in [5.41, 5.74) is 1.01. The molecule has 0 aliphatic rings. The molecule has 1 rings (SSSR count). The van der Waals surface area contributed by atoms with E-state index in [1.165, 1.54) is 0 Å². The van der Waals surface area contributed by atoms with Crippen molar-refractivity contribution in [1.82, 2.24) is 5.32 Å². The first kappa shape index (κ1) is 16.8. The molecule has 0 radical (unpaired) electrons. The third-order valence-electron chi connectivity index (χ3n) is 3.13. The zero-order valence-corrected chi connectivity index (χ0v) is 12.7. The van der Waals surface area contributed by atoms with Crippen molar-refractivity contribution in [2.24, 2.45) is 5.92 Å². The molecule has 1 aromatic rings. The third kappa shape index (κ3) is 5.80. The van der Waals surface area contributed by atoms with Crippen molar-refractivity contribution < 1.29 is 14.6 Å². The molecule has 0 bridgehead atoms. The predicted octanol–water partition coefficient (Wildman–Crippen LogP) is 2.42. The molecule has 0 fully saturated rings. The molecule has 1 unspecified atom stereocenters. The second-order valence-electron chi connectivity index (χ2n) is 4.89. The fraction of sp³-hybridized carbons (Fsp3) is 0.533. The van der Waals surface area contributed by atoms with Crippen LogP contribution in [-0.2, 0) is 11.2 Å². The van der Waals surface area contributed by atoms with E-state index in [1.807, 2.05) is 19.1 Å². The molecule has 0 aromatic heterocycles. The summed E-state index contributed by atoms with van der Waals surface area (Å²) in [4.78, 5) is 11.7. The molecular formula is C15H22ClNO3. The van der Waals surface area contributed by atoms with Gasteiger partial charge in [-0.2, -0.15) is 0 Å². The largest absolute Gasteiger partial charge is 0.495 e. The van der Waals surface area contributed by atoms with Gasteiger partial charge in [0.1, 0.15) is 5.75 Å². The molecule has 2 N–H and O–H groups in total. The van der Waals surface area contributed by atoms with Gasteiger partial charge in [0, 0.05) is 19.6 Å². The summed E-state index contributed by atoms with van der Waals surface area (Å²) in [6.45, 7) is 2.75. The number of benzene rings is 1. The molecular weight excluding hydrogens is 278 g/mol. The standard InChI is InChI=1S/C15H22ClNO3/c1-11(7-8-18)10-17-15(19)6-4-12-3-5-14(20-2)13(16)9-12/h3,5,9,11,18H,4,6-8,10H2,1-2H3,(H,17,19). The lowest BCUT2D eigenvalue weighted by Crippen LogP contribution is -2.28. The third-order valence-corrected chi connectivity index (χ3v) is 3.42. The number of carbonyl (C=O) groups is 1. The Morgan fingerprint density at radius 1 is 1.50 bits per heavy atom. The van der Waals surface area contributed by atoms with E-state index >= 15 is 0 Å². The molecule has 0 saturated heterocycles. The van der Waals surface area contributed by atoms with Gasteiger partial charge in [0.15, 0.2) is 0 Å². The predicted molar refractivity (Wildman–Crippen MR) is 80.2 cm³/mol. The Kier molecular flexibility index (Phi) is 7.41. The van der Waals surface area contributed by atoms with Crippen molar-refractivity contribution >= 4 is 17.5 Å². The summed E-state index contributed by atoms with van der Waals surface area (Å²) in [5, 5.41) is 12.2. The molecule has 0 saturated carbocycles. The minimum Gasteiger partial charge on any atom is -0.495 e. The summed E-state index contributed by atoms with van der Waals surface area (Å²) in [6, 6.07) is 5.54. The maximum absolute atomic E-state index is 11.7. The van der Waals surface area contributed by atoms with Crippen LogP contribution < -0.4 is 10.1 Å². The molecule has 1 aromatic carbocycles. The van der Waals surface area contributed by atoms with Crippen molar-refractivity contribution in [1.29, 1.82) is 0 Å². The van der Waals surface area contributed by atoms with Crippen LogP contribution >= 0.6 is 11.6 Å². The quantitative estimate of drug-likeness (QED) is 0.775. The number of rotatable bonds is 8. The zero-order valence-electron chi connectivity index (χ0n) is 12.0. The van der Waals surface area contributed by atoms with Gasteiger partial charge < -0.3 is 15.2 Å². The van der Waals surface area contributed by atoms with Crippen LogP contribution in [0, 0.1) is 5.92 Å². The van der Waals surface area contributed by atoms with Gasteiger partial charge in [0.05, 0.1) is 12.1 Å². The highest BCUT2D eigenvalue weighted by Gasteiger charge is 2.07. The molecule has 0 spiro atoms. The van der Waals surface area contributed by atoms with E-state index < -0.39 is 0 Å². The van der Waals surface area contributed by atoms with Gasteiger partial charge in [0.25, 0.3) is 0 Å². The van der Waals surface area contributed by atoms with Gasteiger partial charge in [-0.25, -0.2) is 0 Å². The highest BCUT2D eigenvalue weighted by molar-refractivity contribution is 6.32. The van der Waals surface area contributed by atoms with Crippen molar-refractivity contribution in [2.45, 2.75) is 26.2 Å². The number of aryl methyl sites for hydroxylation is 1. The van der Waals surface area contributed by atoms with Crippen LogP contribution in [0.4, 0.5) is 0 Å². The number of nitrogens with one attached hydrogen (secondary N) is 1. The van der Waals surface area contributed by atoms with Crippen LogP contribution in [0.15, 0.2) is 18.2 Å². The second-order valence-corrected chi connectivity index (χ2v) is 5.30. The van der Waals surface area contributed by atoms with E-state index in [0.717, 1.165) is 5.56 Å². The van der Waals surface area contributed by atoms with Gasteiger partial charge >= 0.3 is 0 Å². The Morgan fingerprint density at radius 3 is 2.85 bits per heavy atom. The highest BCUT2D eigenvalue weighted by atomic mass is 35.5. The molecule has 20 heavy (non-hydrogen) atoms. The van der Waals surface area contributed by atoms with E-state index in [4.69, 9.17) is 21.4 Å². The Balaban J connectivity index is 2.35. The van der Waals surface area contributed by atoms with Gasteiger partial charge in [-0.05, 0) is 36.5 Å². The average Bonchev–Trinajstić information content (AvgIpc) is 2.43. The number of aliphatic hydroxyl groups excluding tert-OH is 1. The van der Waals surface area contributed by atoms with Gasteiger partial charge in [-0.15, -0.1) is 0 Å². The first-order valence-electron chi connectivity index (χ1n) is 6.76. The molecule has 0 heterocycles. The van der Waals surface area contributed by atoms with Crippen LogP contribution in [0.3, 0.4) is 0 Å². The summed E-state index contributed by atoms with van der Waals surface area (Å²) < 4.78 is 5.08. The fourth-order valence-corrected chi connectivity index (χ4v) is 2.10. The Labute approximate surface area is 125 Å². The zero-order chi connectivity index (χ0) is 15.0. The van der Waals surface area contributed by atoms with Crippen molar-refractivity contribution in [2.75, 3.05) is 20.3 Å². The van der Waals surface area contributed by atoms with Gasteiger partial charge in [-0.3, -0.25) is 4.79 Å². The van der Waals surface area contributed by atoms with Crippen LogP contribution in [0.1, 0.15) is 25.3 Å². The maximum Gasteiger partial charge on any atom is 0.220 e. The van der Waals surface area contributed by atoms with Crippen molar-refractivity contribution in [3.63, 3.8) is 0 Å². The van der Waals surface area contributed by atoms with E-state index in [1.54, 1.807) is 13.2 Å². The first-order chi connectivity index (χ1) is 9.56. The lowest BCUT2D eigenvalue weighted by molar-refractivity contribution is -0.121. The molecule has 112 valence electrons. The second kappa shape index (κ2) is 8.82. The summed E-state index contributed by atoms with van der Waals surface area (Å²) in [5.74, 6) is 0.943. The van der Waals surface area contributed by atoms with E-state index in [2.05, 4.69) is 5.32 Å². The highest BCUT2D eigenvalue weighted by Crippen LogP contribution is 2.25. The summed E-state index contributed by atoms with van der Waals surface area (Å²) in [7, 11) is 1.57. The number of amides is 1. The Bertz CT molecular complexity index is 437. The molecule has 0 aliphatic heterocycles. The van der Waals surface area contributed by atoms with E-state index in [0.29, 0.717) is 42.5 Å². The number of hydrogen-bond acceptors (Lipinski definition) is 3. The van der Waals surface area contributed by atoms with Crippen LogP contribution in [0.2, 0.25) is 5.02 Å². The number of ether oxygens (including phenoxy) is 1. The number of hydrogen-bond donors (Lipinski definition) is 2. The Morgan fingerprint density at radius 2 is 2.25 bits per heavy atom. The molecule has 0 aliphatic carbocycles. The summed E-state index contributed by atoms with van der Waals surface area (Å²) >= 11 is 6.03. The SMILES string of the molecule is COc1ccc(CCC(=O)NCC(C)CCO)cc1Cl. The smallest absolute Gasteiger partial charge is 0.220 e. The van der Waals surface area contributed by atoms with Gasteiger partial charge in [0.2, 0.25) is 5.91 Å². The number of halogens is 1. The van der Waals surface area contributed by atoms with Crippen LogP contribution in [0.5, 0.6) is 5.75 Å². The van der Waals surface area contributed by atoms with E-state index in [-0.39, 0.29) is 12.5 Å². The first-order valence-corrected chi connectivity index (χ1v) is 7.14. The molecule has 1 atom stereocenters. The number of methoxy groups -OCH3 is 1. The van der Waals surface area contributed by atoms with Crippen LogP contribution in [0.25, 0.3) is 0 Å². The average molecular weight is 300 g/mol. The minimum atomic E-state index is 0.0155. The fourth-order valence-electron chi connectivity index (χ4n) is 1.82. The van der Waals surface area contributed by atoms with Gasteiger partial charge in [-0.1, -0.05) is 24.6 Å². The molecule has 5 heteroatoms. The normalized spacial score (nSPS) is 12.0. The monoisotopic (exact) mass is 299 g/mol. The van der Waals surface area contributed by atoms with E-state index in [9.17, 15) is 4.79 Å². The van der Waals surface area contributed by atoms with Crippen LogP contribution in [-0.4, -0.2) is 31.3 Å². The maximum atomic E-state index is 11.7. The lowest BCUT2D eigenvalue weighted by atomic mass is 10.1. The molecule has 1 amide bonds. The lowest BCUT2D eigenvalue weighted by Gasteiger charge is -2.11. The topological polar surface area (TPSA) is 58.6 Å².